The largest absolute Gasteiger partial charge is 0.448 e. The summed E-state index contributed by atoms with van der Waals surface area (Å²) in [5.41, 5.74) is 1.97. The number of carbonyl (C=O) groups is 3. The molecule has 1 aromatic carbocycles. The summed E-state index contributed by atoms with van der Waals surface area (Å²) in [5, 5.41) is 0. The maximum Gasteiger partial charge on any atom is 0.410 e. The number of piperazine rings is 1. The smallest absolute Gasteiger partial charge is 0.410 e. The Bertz CT molecular complexity index is 658. The third-order valence-corrected chi connectivity index (χ3v) is 4.42. The first kappa shape index (κ1) is 16.3. The minimum absolute atomic E-state index is 0.0246. The molecular formula is C17H21N3O4. The molecular weight excluding hydrogens is 310 g/mol. The Kier molecular flexibility index (Phi) is 4.42. The van der Waals surface area contributed by atoms with Gasteiger partial charge in [-0.25, -0.2) is 4.79 Å². The number of ether oxygens (including phenoxy) is 1. The standard InChI is InChI=1S/C17H21N3O4/c1-12-3-5-14(6-4-12)20-9-13(2)19(11-16(20)22)15(21)10-18-7-8-24-17(18)23/h3-6,13H,7-11H2,1-2H3. The van der Waals surface area contributed by atoms with Gasteiger partial charge in [0, 0.05) is 18.3 Å². The van der Waals surface area contributed by atoms with Crippen LogP contribution < -0.4 is 4.90 Å². The van der Waals surface area contributed by atoms with Crippen molar-refractivity contribution in [3.63, 3.8) is 0 Å². The van der Waals surface area contributed by atoms with E-state index in [1.807, 2.05) is 38.1 Å². The number of hydrogen-bond acceptors (Lipinski definition) is 4. The number of rotatable bonds is 3. The van der Waals surface area contributed by atoms with Crippen LogP contribution in [0, 0.1) is 6.92 Å². The third-order valence-electron chi connectivity index (χ3n) is 4.42. The summed E-state index contributed by atoms with van der Waals surface area (Å²) in [5.74, 6) is -0.340. The lowest BCUT2D eigenvalue weighted by Gasteiger charge is -2.39. The minimum atomic E-state index is -0.472. The molecule has 24 heavy (non-hydrogen) atoms. The van der Waals surface area contributed by atoms with Gasteiger partial charge in [0.25, 0.3) is 0 Å². The third kappa shape index (κ3) is 3.20. The Hall–Kier alpha value is -2.57. The zero-order valence-electron chi connectivity index (χ0n) is 13.9. The van der Waals surface area contributed by atoms with Crippen LogP contribution in [0.1, 0.15) is 12.5 Å². The van der Waals surface area contributed by atoms with E-state index < -0.39 is 6.09 Å². The number of cyclic esters (lactones) is 1. The number of anilines is 1. The number of hydrogen-bond donors (Lipinski definition) is 0. The normalized spacial score (nSPS) is 21.2. The van der Waals surface area contributed by atoms with Gasteiger partial charge >= 0.3 is 6.09 Å². The van der Waals surface area contributed by atoms with Crippen LogP contribution in [0.5, 0.6) is 0 Å². The molecule has 3 rings (SSSR count). The number of amides is 3. The molecule has 3 amide bonds. The summed E-state index contributed by atoms with van der Waals surface area (Å²) >= 11 is 0. The second kappa shape index (κ2) is 6.51. The fourth-order valence-corrected chi connectivity index (χ4v) is 2.98. The van der Waals surface area contributed by atoms with Crippen molar-refractivity contribution in [2.45, 2.75) is 19.9 Å². The molecule has 0 N–H and O–H groups in total. The van der Waals surface area contributed by atoms with Crippen molar-refractivity contribution in [2.75, 3.05) is 37.7 Å². The number of carbonyl (C=O) groups excluding carboxylic acids is 3. The predicted molar refractivity (Wildman–Crippen MR) is 87.6 cm³/mol. The first-order chi connectivity index (χ1) is 11.5. The molecule has 2 aliphatic heterocycles. The molecule has 2 saturated heterocycles. The average molecular weight is 331 g/mol. The summed E-state index contributed by atoms with van der Waals surface area (Å²) in [4.78, 5) is 41.0. The van der Waals surface area contributed by atoms with Gasteiger partial charge in [-0.15, -0.1) is 0 Å². The van der Waals surface area contributed by atoms with Crippen molar-refractivity contribution < 1.29 is 19.1 Å². The van der Waals surface area contributed by atoms with E-state index in [0.29, 0.717) is 19.7 Å². The van der Waals surface area contributed by atoms with Crippen LogP contribution in [0.15, 0.2) is 24.3 Å². The van der Waals surface area contributed by atoms with Crippen molar-refractivity contribution >= 4 is 23.6 Å². The number of nitrogens with zero attached hydrogens (tertiary/aromatic N) is 3. The Morgan fingerprint density at radius 2 is 1.96 bits per heavy atom. The highest BCUT2D eigenvalue weighted by molar-refractivity contribution is 5.98. The fourth-order valence-electron chi connectivity index (χ4n) is 2.98. The van der Waals surface area contributed by atoms with Crippen LogP contribution in [0.3, 0.4) is 0 Å². The van der Waals surface area contributed by atoms with Gasteiger partial charge in [-0.2, -0.15) is 0 Å². The molecule has 1 unspecified atom stereocenters. The Balaban J connectivity index is 1.66. The Morgan fingerprint density at radius 3 is 2.58 bits per heavy atom. The highest BCUT2D eigenvalue weighted by Crippen LogP contribution is 2.21. The zero-order chi connectivity index (χ0) is 17.3. The molecule has 0 spiro atoms. The van der Waals surface area contributed by atoms with E-state index in [1.165, 1.54) is 4.90 Å². The van der Waals surface area contributed by atoms with E-state index in [1.54, 1.807) is 9.80 Å². The Labute approximate surface area is 140 Å². The van der Waals surface area contributed by atoms with E-state index in [2.05, 4.69) is 0 Å². The van der Waals surface area contributed by atoms with Gasteiger partial charge < -0.3 is 14.5 Å². The monoisotopic (exact) mass is 331 g/mol. The number of aryl methyl sites for hydroxylation is 1. The molecule has 2 fully saturated rings. The molecule has 1 atom stereocenters. The van der Waals surface area contributed by atoms with Gasteiger partial charge in [0.2, 0.25) is 11.8 Å². The quantitative estimate of drug-likeness (QED) is 0.829. The van der Waals surface area contributed by atoms with E-state index in [4.69, 9.17) is 4.74 Å². The van der Waals surface area contributed by atoms with Crippen LogP contribution in [-0.2, 0) is 14.3 Å². The topological polar surface area (TPSA) is 70.2 Å². The van der Waals surface area contributed by atoms with Crippen LogP contribution in [0.4, 0.5) is 10.5 Å². The molecule has 128 valence electrons. The molecule has 0 bridgehead atoms. The molecule has 0 aliphatic carbocycles. The molecule has 7 nitrogen and oxygen atoms in total. The second-order valence-electron chi connectivity index (χ2n) is 6.25. The van der Waals surface area contributed by atoms with Gasteiger partial charge in [0.15, 0.2) is 0 Å². The van der Waals surface area contributed by atoms with Gasteiger partial charge in [-0.05, 0) is 26.0 Å². The SMILES string of the molecule is Cc1ccc(N2CC(C)N(C(=O)CN3CCOC3=O)CC2=O)cc1. The fraction of sp³-hybridized carbons (Fsp3) is 0.471. The summed E-state index contributed by atoms with van der Waals surface area (Å²) in [6.07, 6.45) is -0.472. The van der Waals surface area contributed by atoms with Crippen molar-refractivity contribution in [3.8, 4) is 0 Å². The molecule has 1 aromatic rings. The minimum Gasteiger partial charge on any atom is -0.448 e. The van der Waals surface area contributed by atoms with Crippen molar-refractivity contribution in [1.82, 2.24) is 9.80 Å². The summed E-state index contributed by atoms with van der Waals surface area (Å²) < 4.78 is 4.83. The first-order valence-electron chi connectivity index (χ1n) is 8.04. The zero-order valence-corrected chi connectivity index (χ0v) is 13.9. The first-order valence-corrected chi connectivity index (χ1v) is 8.04. The molecule has 0 radical (unpaired) electrons. The summed E-state index contributed by atoms with van der Waals surface area (Å²) in [6.45, 7) is 5.05. The van der Waals surface area contributed by atoms with Crippen LogP contribution >= 0.6 is 0 Å². The molecule has 2 aliphatic rings. The maximum atomic E-state index is 12.5. The van der Waals surface area contributed by atoms with Gasteiger partial charge in [-0.3, -0.25) is 14.5 Å². The molecule has 0 aromatic heterocycles. The molecule has 0 saturated carbocycles. The lowest BCUT2D eigenvalue weighted by atomic mass is 10.1. The van der Waals surface area contributed by atoms with Crippen LogP contribution in [0.2, 0.25) is 0 Å². The summed E-state index contributed by atoms with van der Waals surface area (Å²) in [7, 11) is 0. The van der Waals surface area contributed by atoms with E-state index in [0.717, 1.165) is 11.3 Å². The van der Waals surface area contributed by atoms with Gasteiger partial charge in [-0.1, -0.05) is 17.7 Å². The predicted octanol–water partition coefficient (Wildman–Crippen LogP) is 1.01. The molecule has 7 heteroatoms. The summed E-state index contributed by atoms with van der Waals surface area (Å²) in [6, 6.07) is 7.64. The second-order valence-corrected chi connectivity index (χ2v) is 6.25. The lowest BCUT2D eigenvalue weighted by Crippen LogP contribution is -2.58. The highest BCUT2D eigenvalue weighted by atomic mass is 16.6. The van der Waals surface area contributed by atoms with E-state index in [9.17, 15) is 14.4 Å². The van der Waals surface area contributed by atoms with Crippen molar-refractivity contribution in [1.29, 1.82) is 0 Å². The van der Waals surface area contributed by atoms with Crippen molar-refractivity contribution in [2.24, 2.45) is 0 Å². The molecule has 2 heterocycles. The lowest BCUT2D eigenvalue weighted by molar-refractivity contribution is -0.139. The highest BCUT2D eigenvalue weighted by Gasteiger charge is 2.35. The van der Waals surface area contributed by atoms with Gasteiger partial charge in [0.1, 0.15) is 19.7 Å². The van der Waals surface area contributed by atoms with Crippen LogP contribution in [0.25, 0.3) is 0 Å². The maximum absolute atomic E-state index is 12.5. The van der Waals surface area contributed by atoms with Crippen molar-refractivity contribution in [3.05, 3.63) is 29.8 Å². The van der Waals surface area contributed by atoms with Crippen LogP contribution in [-0.4, -0.2) is 66.5 Å². The average Bonchev–Trinajstić information content (AvgIpc) is 2.95. The van der Waals surface area contributed by atoms with Gasteiger partial charge in [0.05, 0.1) is 6.54 Å². The number of benzene rings is 1. The van der Waals surface area contributed by atoms with E-state index >= 15 is 0 Å². The Morgan fingerprint density at radius 1 is 1.25 bits per heavy atom. The van der Waals surface area contributed by atoms with E-state index in [-0.39, 0.29) is 30.9 Å².